The van der Waals surface area contributed by atoms with E-state index in [-0.39, 0.29) is 22.3 Å². The van der Waals surface area contributed by atoms with E-state index in [9.17, 15) is 14.7 Å². The van der Waals surface area contributed by atoms with Gasteiger partial charge in [-0.3, -0.25) is 5.32 Å². The number of carbonyl (C=O) groups is 2. The Kier molecular flexibility index (Phi) is 5.92. The molecule has 4 fully saturated rings. The van der Waals surface area contributed by atoms with Crippen molar-refractivity contribution in [1.29, 1.82) is 0 Å². The van der Waals surface area contributed by atoms with E-state index in [1.54, 1.807) is 24.4 Å². The Morgan fingerprint density at radius 2 is 1.94 bits per heavy atom. The molecule has 9 nitrogen and oxygen atoms in total. The van der Waals surface area contributed by atoms with Crippen molar-refractivity contribution in [2.45, 2.75) is 56.7 Å². The van der Waals surface area contributed by atoms with Crippen LogP contribution < -0.4 is 5.32 Å². The fourth-order valence-corrected chi connectivity index (χ4v) is 5.90. The molecule has 3 saturated heterocycles. The number of ether oxygens (including phenoxy) is 1. The Hall–Kier alpha value is -2.78. The highest BCUT2D eigenvalue weighted by Crippen LogP contribution is 2.42. The molecule has 5 heterocycles. The lowest BCUT2D eigenvalue weighted by molar-refractivity contribution is -0.869. The van der Waals surface area contributed by atoms with Crippen LogP contribution in [-0.2, 0) is 15.1 Å². The maximum atomic E-state index is 13.5. The van der Waals surface area contributed by atoms with E-state index in [0.29, 0.717) is 31.0 Å². The third-order valence-corrected chi connectivity index (χ3v) is 7.88. The standard InChI is InChI=1S/C24H30N4O5/c29-22(24(31,19-10-14-32-16-19)18-5-2-1-3-6-18)33-20-15-28(12-8-17(20)9-13-28)23(30)26-21-7-4-11-25-27-21/h4,7,10-11,14,16-18,20,31H,1-3,5-6,8-9,12-13,15H2/p+1/t17?,20?,24-,28?/m1/s1. The van der Waals surface area contributed by atoms with Crippen LogP contribution in [-0.4, -0.2) is 57.5 Å². The van der Waals surface area contributed by atoms with Crippen LogP contribution in [0.2, 0.25) is 0 Å². The van der Waals surface area contributed by atoms with Crippen molar-refractivity contribution in [3.63, 3.8) is 0 Å². The zero-order valence-electron chi connectivity index (χ0n) is 18.7. The van der Waals surface area contributed by atoms with Gasteiger partial charge < -0.3 is 14.3 Å². The molecular formula is C24H31N4O5+. The molecule has 1 saturated carbocycles. The van der Waals surface area contributed by atoms with Crippen molar-refractivity contribution in [1.82, 2.24) is 10.2 Å². The molecule has 2 atom stereocenters. The van der Waals surface area contributed by atoms with Crippen LogP contribution in [0.25, 0.3) is 0 Å². The van der Waals surface area contributed by atoms with Crippen molar-refractivity contribution in [3.05, 3.63) is 42.5 Å². The van der Waals surface area contributed by atoms with Crippen LogP contribution in [0.1, 0.15) is 50.5 Å². The minimum Gasteiger partial charge on any atom is -0.472 e. The van der Waals surface area contributed by atoms with Gasteiger partial charge in [0.1, 0.15) is 6.54 Å². The molecule has 0 spiro atoms. The van der Waals surface area contributed by atoms with Crippen LogP contribution in [0.4, 0.5) is 10.6 Å². The van der Waals surface area contributed by atoms with Crippen molar-refractivity contribution in [3.8, 4) is 0 Å². The first kappa shape index (κ1) is 22.0. The van der Waals surface area contributed by atoms with Gasteiger partial charge in [0.15, 0.2) is 17.5 Å². The maximum absolute atomic E-state index is 13.5. The summed E-state index contributed by atoms with van der Waals surface area (Å²) in [6, 6.07) is 4.91. The lowest BCUT2D eigenvalue weighted by atomic mass is 9.74. The zero-order valence-corrected chi connectivity index (χ0v) is 18.7. The van der Waals surface area contributed by atoms with Crippen molar-refractivity contribution < 1.29 is 28.3 Å². The number of urea groups is 1. The number of nitrogens with one attached hydrogen (secondary N) is 1. The van der Waals surface area contributed by atoms with E-state index < -0.39 is 17.7 Å². The van der Waals surface area contributed by atoms with Crippen LogP contribution in [0.15, 0.2) is 41.3 Å². The molecule has 176 valence electrons. The molecule has 33 heavy (non-hydrogen) atoms. The van der Waals surface area contributed by atoms with E-state index in [4.69, 9.17) is 9.15 Å². The molecule has 2 N–H and O–H groups in total. The molecule has 6 rings (SSSR count). The first-order valence-corrected chi connectivity index (χ1v) is 11.9. The molecule has 0 aromatic carbocycles. The van der Waals surface area contributed by atoms with E-state index in [1.807, 2.05) is 0 Å². The SMILES string of the molecule is O=C(OC1C[N+]2(C(=O)Nc3cccnn3)CCC1CC2)[C@](O)(c1ccoc1)C1CCCCC1. The smallest absolute Gasteiger partial charge is 0.422 e. The average Bonchev–Trinajstić information content (AvgIpc) is 3.41. The van der Waals surface area contributed by atoms with Gasteiger partial charge in [-0.25, -0.2) is 14.1 Å². The maximum Gasteiger partial charge on any atom is 0.422 e. The van der Waals surface area contributed by atoms with E-state index in [0.717, 1.165) is 44.9 Å². The molecular weight excluding hydrogens is 424 g/mol. The predicted octanol–water partition coefficient (Wildman–Crippen LogP) is 3.22. The number of fused-ring (bicyclic) bond motifs is 3. The normalized spacial score (nSPS) is 29.2. The number of piperidine rings is 3. The summed E-state index contributed by atoms with van der Waals surface area (Å²) in [7, 11) is 0. The molecule has 4 aliphatic rings. The first-order chi connectivity index (χ1) is 16.0. The van der Waals surface area contributed by atoms with Gasteiger partial charge >= 0.3 is 12.0 Å². The molecule has 2 aromatic heterocycles. The molecule has 1 aliphatic carbocycles. The fraction of sp³-hybridized carbons (Fsp3) is 0.583. The number of amides is 2. The third kappa shape index (κ3) is 4.04. The quantitative estimate of drug-likeness (QED) is 0.525. The second kappa shape index (κ2) is 8.87. The highest BCUT2D eigenvalue weighted by atomic mass is 16.6. The lowest BCUT2D eigenvalue weighted by Gasteiger charge is -2.50. The van der Waals surface area contributed by atoms with Gasteiger partial charge in [-0.2, -0.15) is 5.10 Å². The van der Waals surface area contributed by atoms with Crippen LogP contribution in [0.5, 0.6) is 0 Å². The number of quaternary nitrogens is 1. The number of aromatic nitrogens is 2. The van der Waals surface area contributed by atoms with Gasteiger partial charge in [-0.1, -0.05) is 19.3 Å². The largest absolute Gasteiger partial charge is 0.472 e. The number of anilines is 1. The third-order valence-electron chi connectivity index (χ3n) is 7.88. The van der Waals surface area contributed by atoms with Crippen LogP contribution in [0, 0.1) is 11.8 Å². The highest BCUT2D eigenvalue weighted by Gasteiger charge is 2.55. The summed E-state index contributed by atoms with van der Waals surface area (Å²) < 4.78 is 11.4. The Bertz CT molecular complexity index is 968. The Morgan fingerprint density at radius 3 is 2.61 bits per heavy atom. The molecule has 9 heteroatoms. The molecule has 2 amide bonds. The first-order valence-electron chi connectivity index (χ1n) is 11.9. The minimum atomic E-state index is -1.73. The lowest BCUT2D eigenvalue weighted by Crippen LogP contribution is -2.68. The molecule has 3 aliphatic heterocycles. The van der Waals surface area contributed by atoms with Gasteiger partial charge in [0.25, 0.3) is 0 Å². The Morgan fingerprint density at radius 1 is 1.15 bits per heavy atom. The molecule has 2 bridgehead atoms. The second-order valence-corrected chi connectivity index (χ2v) is 9.71. The number of aliphatic hydroxyl groups is 1. The highest BCUT2D eigenvalue weighted by molar-refractivity contribution is 5.83. The zero-order chi connectivity index (χ0) is 22.9. The average molecular weight is 456 g/mol. The number of hydrogen-bond acceptors (Lipinski definition) is 7. The Labute approximate surface area is 192 Å². The molecule has 1 unspecified atom stereocenters. The van der Waals surface area contributed by atoms with Gasteiger partial charge in [0.2, 0.25) is 0 Å². The second-order valence-electron chi connectivity index (χ2n) is 9.71. The number of nitrogens with zero attached hydrogens (tertiary/aromatic N) is 3. The number of esters is 1. The van der Waals surface area contributed by atoms with Crippen molar-refractivity contribution in [2.75, 3.05) is 25.0 Å². The summed E-state index contributed by atoms with van der Waals surface area (Å²) in [6.07, 6.45) is 10.2. The summed E-state index contributed by atoms with van der Waals surface area (Å²) >= 11 is 0. The number of furan rings is 1. The van der Waals surface area contributed by atoms with E-state index in [1.165, 1.54) is 12.5 Å². The number of rotatable bonds is 5. The van der Waals surface area contributed by atoms with Crippen molar-refractivity contribution in [2.24, 2.45) is 11.8 Å². The van der Waals surface area contributed by atoms with Gasteiger partial charge in [-0.15, -0.1) is 5.10 Å². The summed E-state index contributed by atoms with van der Waals surface area (Å²) in [5.74, 6) is -0.233. The molecule has 0 radical (unpaired) electrons. The summed E-state index contributed by atoms with van der Waals surface area (Å²) in [5.41, 5.74) is -1.28. The summed E-state index contributed by atoms with van der Waals surface area (Å²) in [6.45, 7) is 1.79. The predicted molar refractivity (Wildman–Crippen MR) is 118 cm³/mol. The van der Waals surface area contributed by atoms with Crippen LogP contribution >= 0.6 is 0 Å². The van der Waals surface area contributed by atoms with E-state index in [2.05, 4.69) is 15.5 Å². The minimum absolute atomic E-state index is 0.160. The topological polar surface area (TPSA) is 115 Å². The summed E-state index contributed by atoms with van der Waals surface area (Å²) in [4.78, 5) is 26.7. The summed E-state index contributed by atoms with van der Waals surface area (Å²) in [5, 5.41) is 22.3. The van der Waals surface area contributed by atoms with Crippen LogP contribution in [0.3, 0.4) is 0 Å². The monoisotopic (exact) mass is 455 g/mol. The molecule has 2 aromatic rings. The van der Waals surface area contributed by atoms with E-state index >= 15 is 0 Å². The van der Waals surface area contributed by atoms with Gasteiger partial charge in [0.05, 0.1) is 25.6 Å². The van der Waals surface area contributed by atoms with Crippen molar-refractivity contribution >= 4 is 17.8 Å². The number of hydrogen-bond donors (Lipinski definition) is 2. The fourth-order valence-electron chi connectivity index (χ4n) is 5.90. The van der Waals surface area contributed by atoms with Gasteiger partial charge in [-0.05, 0) is 31.0 Å². The van der Waals surface area contributed by atoms with Gasteiger partial charge in [0, 0.05) is 36.4 Å². The Balaban J connectivity index is 1.34. The number of carbonyl (C=O) groups excluding carboxylic acids is 2.